The molecule has 1 aliphatic carbocycles. The van der Waals surface area contributed by atoms with Crippen molar-refractivity contribution in [2.24, 2.45) is 0 Å². The summed E-state index contributed by atoms with van der Waals surface area (Å²) in [5.74, 6) is -4.75. The van der Waals surface area contributed by atoms with Crippen LogP contribution in [0, 0.1) is 0 Å². The second-order valence-corrected chi connectivity index (χ2v) is 14.1. The van der Waals surface area contributed by atoms with Gasteiger partial charge in [0, 0.05) is 58.5 Å². The molecule has 8 rings (SSSR count). The molecule has 4 atom stereocenters. The van der Waals surface area contributed by atoms with Crippen LogP contribution in [0.25, 0.3) is 0 Å². The first-order valence-corrected chi connectivity index (χ1v) is 18.7. The number of aliphatic hydroxyl groups is 2. The topological polar surface area (TPSA) is 154 Å². The summed E-state index contributed by atoms with van der Waals surface area (Å²) in [5, 5.41) is 71.3. The Morgan fingerprint density at radius 3 is 1.17 bits per heavy atom. The molecule has 1 saturated carbocycles. The first-order valence-electron chi connectivity index (χ1n) is 18.7. The first kappa shape index (κ1) is 37.6. The van der Waals surface area contributed by atoms with E-state index in [1.807, 2.05) is 126 Å². The Labute approximate surface area is 335 Å². The van der Waals surface area contributed by atoms with Crippen molar-refractivity contribution in [3.05, 3.63) is 193 Å². The lowest BCUT2D eigenvalue weighted by Gasteiger charge is -2.54. The van der Waals surface area contributed by atoms with Gasteiger partial charge in [0.25, 0.3) is 0 Å². The zero-order valence-electron chi connectivity index (χ0n) is 31.1. The van der Waals surface area contributed by atoms with Crippen LogP contribution in [0.1, 0.15) is 22.6 Å². The molecular formula is C48H40N2O8. The number of ether oxygens (including phenoxy) is 1. The van der Waals surface area contributed by atoms with Gasteiger partial charge < -0.3 is 45.2 Å². The van der Waals surface area contributed by atoms with Crippen LogP contribution in [-0.4, -0.2) is 48.8 Å². The molecule has 1 aliphatic rings. The van der Waals surface area contributed by atoms with E-state index in [4.69, 9.17) is 4.74 Å². The van der Waals surface area contributed by atoms with Crippen LogP contribution in [-0.2, 0) is 21.6 Å². The monoisotopic (exact) mass is 772 g/mol. The number of hydrogen-bond donors (Lipinski definition) is 6. The molecule has 10 heteroatoms. The third-order valence-electron chi connectivity index (χ3n) is 10.7. The highest BCUT2D eigenvalue weighted by molar-refractivity contribution is 5.92. The number of phenols is 4. The first-order chi connectivity index (χ1) is 28.2. The molecule has 6 N–H and O–H groups in total. The molecular weight excluding hydrogens is 733 g/mol. The summed E-state index contributed by atoms with van der Waals surface area (Å²) in [6.45, 7) is -0.249. The lowest BCUT2D eigenvalue weighted by Crippen LogP contribution is -2.70. The van der Waals surface area contributed by atoms with Crippen LogP contribution in [0.4, 0.5) is 34.1 Å². The van der Waals surface area contributed by atoms with Crippen LogP contribution >= 0.6 is 0 Å². The van der Waals surface area contributed by atoms with E-state index in [9.17, 15) is 35.4 Å². The third-order valence-corrected chi connectivity index (χ3v) is 10.7. The number of rotatable bonds is 11. The fourth-order valence-electron chi connectivity index (χ4n) is 8.03. The standard InChI is InChI=1S/C48H40N2O8/c51-38-26-36(49(32-18-8-2-9-19-32)33-20-10-3-11-21-33)27-39(52)42(38)43-45(55)48(46(43)56,47(57)58-30-31-16-6-1-7-17-31)44-40(53)28-37(29-41(44)54)50(34-22-12-4-13-23-34)35-24-14-5-15-25-35/h1-29,43,45-46,51-56H,30H2/t43?,45-,46?,48?/m1/s1. The molecule has 0 bridgehead atoms. The molecule has 10 nitrogen and oxygen atoms in total. The van der Waals surface area contributed by atoms with Gasteiger partial charge in [0.2, 0.25) is 0 Å². The molecule has 290 valence electrons. The van der Waals surface area contributed by atoms with Gasteiger partial charge in [-0.2, -0.15) is 0 Å². The summed E-state index contributed by atoms with van der Waals surface area (Å²) >= 11 is 0. The fourth-order valence-corrected chi connectivity index (χ4v) is 8.03. The van der Waals surface area contributed by atoms with Crippen molar-refractivity contribution < 1.29 is 40.2 Å². The van der Waals surface area contributed by atoms with Gasteiger partial charge in [0.15, 0.2) is 5.41 Å². The average molecular weight is 773 g/mol. The second-order valence-electron chi connectivity index (χ2n) is 14.1. The van der Waals surface area contributed by atoms with Crippen LogP contribution in [0.15, 0.2) is 176 Å². The highest BCUT2D eigenvalue weighted by atomic mass is 16.5. The molecule has 0 saturated heterocycles. The molecule has 0 radical (unpaired) electrons. The van der Waals surface area contributed by atoms with Crippen LogP contribution in [0.3, 0.4) is 0 Å². The molecule has 0 spiro atoms. The van der Waals surface area contributed by atoms with Crippen LogP contribution in [0.2, 0.25) is 0 Å². The number of anilines is 6. The van der Waals surface area contributed by atoms with Crippen LogP contribution in [0.5, 0.6) is 23.0 Å². The number of aromatic hydroxyl groups is 4. The average Bonchev–Trinajstić information content (AvgIpc) is 3.24. The van der Waals surface area contributed by atoms with Crippen molar-refractivity contribution in [2.45, 2.75) is 30.1 Å². The van der Waals surface area contributed by atoms with E-state index in [1.54, 1.807) is 35.2 Å². The minimum absolute atomic E-state index is 0.230. The van der Waals surface area contributed by atoms with E-state index in [0.29, 0.717) is 28.3 Å². The van der Waals surface area contributed by atoms with Crippen molar-refractivity contribution in [1.29, 1.82) is 0 Å². The van der Waals surface area contributed by atoms with Gasteiger partial charge in [0.05, 0.1) is 29.1 Å². The number of carbonyl (C=O) groups is 1. The summed E-state index contributed by atoms with van der Waals surface area (Å²) in [6.07, 6.45) is -3.84. The van der Waals surface area contributed by atoms with Gasteiger partial charge in [-0.3, -0.25) is 4.79 Å². The van der Waals surface area contributed by atoms with Gasteiger partial charge in [-0.15, -0.1) is 0 Å². The molecule has 0 aliphatic heterocycles. The fraction of sp³-hybridized carbons (Fsp3) is 0.104. The van der Waals surface area contributed by atoms with E-state index in [1.165, 1.54) is 24.3 Å². The van der Waals surface area contributed by atoms with Crippen molar-refractivity contribution in [3.63, 3.8) is 0 Å². The van der Waals surface area contributed by atoms with Gasteiger partial charge in [-0.1, -0.05) is 103 Å². The quantitative estimate of drug-likeness (QED) is 0.0703. The summed E-state index contributed by atoms with van der Waals surface area (Å²) in [7, 11) is 0. The van der Waals surface area contributed by atoms with Crippen LogP contribution < -0.4 is 9.80 Å². The lowest BCUT2D eigenvalue weighted by molar-refractivity contribution is -0.192. The maximum absolute atomic E-state index is 14.4. The Bertz CT molecular complexity index is 2390. The molecule has 58 heavy (non-hydrogen) atoms. The van der Waals surface area contributed by atoms with E-state index in [0.717, 1.165) is 11.4 Å². The minimum atomic E-state index is -2.46. The normalized spacial score (nSPS) is 18.5. The predicted octanol–water partition coefficient (Wildman–Crippen LogP) is 8.95. The summed E-state index contributed by atoms with van der Waals surface area (Å²) in [4.78, 5) is 18.0. The number of esters is 1. The summed E-state index contributed by atoms with van der Waals surface area (Å²) in [6, 6.07) is 51.4. The second kappa shape index (κ2) is 15.7. The number of nitrogens with zero attached hydrogens (tertiary/aromatic N) is 2. The number of para-hydroxylation sites is 4. The smallest absolute Gasteiger partial charge is 0.322 e. The largest absolute Gasteiger partial charge is 0.507 e. The maximum Gasteiger partial charge on any atom is 0.322 e. The molecule has 0 heterocycles. The molecule has 0 amide bonds. The van der Waals surface area contributed by atoms with Gasteiger partial charge in [0.1, 0.15) is 29.6 Å². The number of carbonyl (C=O) groups excluding carboxylic acids is 1. The summed E-state index contributed by atoms with van der Waals surface area (Å²) < 4.78 is 5.73. The van der Waals surface area contributed by atoms with Crippen molar-refractivity contribution >= 4 is 40.1 Å². The lowest BCUT2D eigenvalue weighted by atomic mass is 9.51. The number of aliphatic hydroxyl groups excluding tert-OH is 2. The maximum atomic E-state index is 14.4. The van der Waals surface area contributed by atoms with Crippen molar-refractivity contribution in [3.8, 4) is 23.0 Å². The zero-order valence-corrected chi connectivity index (χ0v) is 31.1. The van der Waals surface area contributed by atoms with E-state index < -0.39 is 58.1 Å². The van der Waals surface area contributed by atoms with Gasteiger partial charge >= 0.3 is 5.97 Å². The Morgan fingerprint density at radius 2 is 0.810 bits per heavy atom. The molecule has 7 aromatic rings. The molecule has 1 fully saturated rings. The number of hydrogen-bond acceptors (Lipinski definition) is 10. The Balaban J connectivity index is 1.22. The van der Waals surface area contributed by atoms with E-state index in [-0.39, 0.29) is 12.2 Å². The Kier molecular flexibility index (Phi) is 10.2. The Hall–Kier alpha value is -7.27. The Morgan fingerprint density at radius 1 is 0.483 bits per heavy atom. The van der Waals surface area contributed by atoms with E-state index >= 15 is 0 Å². The summed E-state index contributed by atoms with van der Waals surface area (Å²) in [5.41, 5.74) is 1.01. The molecule has 7 aromatic carbocycles. The van der Waals surface area contributed by atoms with Crippen molar-refractivity contribution in [1.82, 2.24) is 0 Å². The minimum Gasteiger partial charge on any atom is -0.507 e. The highest BCUT2D eigenvalue weighted by Gasteiger charge is 2.71. The van der Waals surface area contributed by atoms with Gasteiger partial charge in [-0.25, -0.2) is 0 Å². The highest BCUT2D eigenvalue weighted by Crippen LogP contribution is 2.61. The van der Waals surface area contributed by atoms with Gasteiger partial charge in [-0.05, 0) is 54.1 Å². The van der Waals surface area contributed by atoms with Crippen molar-refractivity contribution in [2.75, 3.05) is 9.80 Å². The predicted molar refractivity (Wildman–Crippen MR) is 222 cm³/mol. The number of phenolic OH excluding ortho intramolecular Hbond substituents is 4. The molecule has 3 unspecified atom stereocenters. The third kappa shape index (κ3) is 6.60. The number of benzene rings is 7. The van der Waals surface area contributed by atoms with E-state index in [2.05, 4.69) is 0 Å². The molecule has 0 aromatic heterocycles. The zero-order chi connectivity index (χ0) is 40.4. The SMILES string of the molecule is O=C(OCc1ccccc1)C1(c2c(O)cc(N(c3ccccc3)c3ccccc3)cc2O)C(O)C(c2c(O)cc(N(c3ccccc3)c3ccccc3)cc2O)[C@H]1O.